The van der Waals surface area contributed by atoms with Gasteiger partial charge in [0.05, 0.1) is 19.8 Å². The molecule has 0 amide bonds. The molecule has 2 aromatic carbocycles. The molecule has 0 heterocycles. The summed E-state index contributed by atoms with van der Waals surface area (Å²) in [5.41, 5.74) is 0.422. The molecular formula is C15H12FIO3. The van der Waals surface area contributed by atoms with Gasteiger partial charge in [-0.15, -0.1) is 0 Å². The minimum Gasteiger partial charge on any atom is -0.493 e. The molecule has 0 aliphatic carbocycles. The number of rotatable bonds is 4. The van der Waals surface area contributed by atoms with Crippen LogP contribution in [0.25, 0.3) is 0 Å². The van der Waals surface area contributed by atoms with Gasteiger partial charge in [-0.1, -0.05) is 12.1 Å². The molecule has 20 heavy (non-hydrogen) atoms. The molecule has 2 rings (SSSR count). The first-order valence-electron chi connectivity index (χ1n) is 5.79. The van der Waals surface area contributed by atoms with Crippen molar-refractivity contribution < 1.29 is 18.7 Å². The van der Waals surface area contributed by atoms with E-state index < -0.39 is 5.82 Å². The number of ether oxygens (including phenoxy) is 2. The summed E-state index contributed by atoms with van der Waals surface area (Å²) in [6.07, 6.45) is 0. The van der Waals surface area contributed by atoms with Crippen LogP contribution < -0.4 is 9.47 Å². The van der Waals surface area contributed by atoms with Gasteiger partial charge in [-0.3, -0.25) is 4.79 Å². The zero-order chi connectivity index (χ0) is 14.7. The Balaban J connectivity index is 2.53. The number of halogens is 2. The van der Waals surface area contributed by atoms with Crippen LogP contribution in [0.5, 0.6) is 11.5 Å². The molecule has 0 fully saturated rings. The maximum atomic E-state index is 14.1. The van der Waals surface area contributed by atoms with Crippen molar-refractivity contribution in [2.45, 2.75) is 0 Å². The third kappa shape index (κ3) is 2.77. The molecule has 0 spiro atoms. The van der Waals surface area contributed by atoms with Crippen LogP contribution in [0.3, 0.4) is 0 Å². The Bertz CT molecular complexity index is 656. The van der Waals surface area contributed by atoms with Crippen LogP contribution in [-0.4, -0.2) is 20.0 Å². The van der Waals surface area contributed by atoms with Crippen molar-refractivity contribution in [3.05, 3.63) is 56.9 Å². The summed E-state index contributed by atoms with van der Waals surface area (Å²) in [5, 5.41) is 0. The smallest absolute Gasteiger partial charge is 0.197 e. The molecule has 0 saturated heterocycles. The monoisotopic (exact) mass is 386 g/mol. The zero-order valence-corrected chi connectivity index (χ0v) is 13.1. The Morgan fingerprint density at radius 2 is 1.65 bits per heavy atom. The fourth-order valence-corrected chi connectivity index (χ4v) is 2.45. The highest BCUT2D eigenvalue weighted by Gasteiger charge is 2.19. The van der Waals surface area contributed by atoms with Gasteiger partial charge < -0.3 is 9.47 Å². The topological polar surface area (TPSA) is 35.5 Å². The van der Waals surface area contributed by atoms with Crippen molar-refractivity contribution in [2.75, 3.05) is 14.2 Å². The molecule has 0 aliphatic rings. The Hall–Kier alpha value is -1.63. The van der Waals surface area contributed by atoms with E-state index in [1.807, 2.05) is 28.7 Å². The van der Waals surface area contributed by atoms with Crippen LogP contribution >= 0.6 is 22.6 Å². The molecule has 0 aromatic heterocycles. The minimum absolute atomic E-state index is 0.0354. The molecule has 3 nitrogen and oxygen atoms in total. The van der Waals surface area contributed by atoms with Gasteiger partial charge in [-0.25, -0.2) is 4.39 Å². The van der Waals surface area contributed by atoms with Crippen LogP contribution in [-0.2, 0) is 0 Å². The first-order chi connectivity index (χ1) is 9.58. The van der Waals surface area contributed by atoms with E-state index in [1.165, 1.54) is 20.3 Å². The van der Waals surface area contributed by atoms with Gasteiger partial charge in [0.2, 0.25) is 0 Å². The van der Waals surface area contributed by atoms with E-state index in [-0.39, 0.29) is 17.1 Å². The average molecular weight is 386 g/mol. The quantitative estimate of drug-likeness (QED) is 0.594. The minimum atomic E-state index is -0.632. The lowest BCUT2D eigenvalue weighted by molar-refractivity contribution is 0.103. The summed E-state index contributed by atoms with van der Waals surface area (Å²) in [6.45, 7) is 0. The number of ketones is 1. The Morgan fingerprint density at radius 3 is 2.25 bits per heavy atom. The lowest BCUT2D eigenvalue weighted by Crippen LogP contribution is -2.07. The van der Waals surface area contributed by atoms with E-state index in [0.717, 1.165) is 9.64 Å². The van der Waals surface area contributed by atoms with Gasteiger partial charge in [0, 0.05) is 15.2 Å². The van der Waals surface area contributed by atoms with Gasteiger partial charge in [0.25, 0.3) is 0 Å². The molecule has 0 saturated carbocycles. The van der Waals surface area contributed by atoms with Crippen molar-refractivity contribution in [2.24, 2.45) is 0 Å². The fourth-order valence-electron chi connectivity index (χ4n) is 1.82. The van der Waals surface area contributed by atoms with Crippen LogP contribution in [0.4, 0.5) is 4.39 Å². The van der Waals surface area contributed by atoms with Gasteiger partial charge in [0.15, 0.2) is 17.3 Å². The number of methoxy groups -OCH3 is 2. The van der Waals surface area contributed by atoms with Crippen molar-refractivity contribution in [3.63, 3.8) is 0 Å². The Kier molecular flexibility index (Phi) is 4.59. The summed E-state index contributed by atoms with van der Waals surface area (Å²) in [4.78, 5) is 12.4. The third-order valence-corrected chi connectivity index (χ3v) is 3.78. The van der Waals surface area contributed by atoms with E-state index in [9.17, 15) is 9.18 Å². The zero-order valence-electron chi connectivity index (χ0n) is 10.9. The number of carbonyl (C=O) groups excluding carboxylic acids is 1. The second-order valence-corrected chi connectivity index (χ2v) is 5.16. The number of hydrogen-bond acceptors (Lipinski definition) is 3. The summed E-state index contributed by atoms with van der Waals surface area (Å²) >= 11 is 2.05. The van der Waals surface area contributed by atoms with Gasteiger partial charge in [0.1, 0.15) is 5.82 Å². The first kappa shape index (κ1) is 14.8. The lowest BCUT2D eigenvalue weighted by atomic mass is 10.0. The van der Waals surface area contributed by atoms with Gasteiger partial charge >= 0.3 is 0 Å². The Morgan fingerprint density at radius 1 is 1.05 bits per heavy atom. The van der Waals surface area contributed by atoms with E-state index in [4.69, 9.17) is 9.47 Å². The highest BCUT2D eigenvalue weighted by Crippen LogP contribution is 2.31. The molecule has 0 radical (unpaired) electrons. The highest BCUT2D eigenvalue weighted by atomic mass is 127. The van der Waals surface area contributed by atoms with E-state index in [1.54, 1.807) is 18.2 Å². The molecule has 5 heteroatoms. The molecule has 0 N–H and O–H groups in total. The standard InChI is InChI=1S/C15H12FIO3/c1-19-13-7-10(11(16)8-14(13)20-2)15(18)9-5-3-4-6-12(9)17/h3-8H,1-2H3. The number of benzene rings is 2. The lowest BCUT2D eigenvalue weighted by Gasteiger charge is -2.11. The molecule has 0 bridgehead atoms. The molecular weight excluding hydrogens is 374 g/mol. The molecule has 0 aliphatic heterocycles. The van der Waals surface area contributed by atoms with Crippen molar-refractivity contribution in [1.82, 2.24) is 0 Å². The number of carbonyl (C=O) groups is 1. The molecule has 104 valence electrons. The second kappa shape index (κ2) is 6.21. The average Bonchev–Trinajstić information content (AvgIpc) is 2.46. The third-order valence-electron chi connectivity index (χ3n) is 2.84. The maximum Gasteiger partial charge on any atom is 0.197 e. The maximum absolute atomic E-state index is 14.1. The number of hydrogen-bond donors (Lipinski definition) is 0. The van der Waals surface area contributed by atoms with Gasteiger partial charge in [-0.2, -0.15) is 0 Å². The predicted octanol–water partition coefficient (Wildman–Crippen LogP) is 3.68. The van der Waals surface area contributed by atoms with E-state index >= 15 is 0 Å². The van der Waals surface area contributed by atoms with E-state index in [2.05, 4.69) is 0 Å². The predicted molar refractivity (Wildman–Crippen MR) is 82.1 cm³/mol. The summed E-state index contributed by atoms with van der Waals surface area (Å²) < 4.78 is 24.9. The normalized spacial score (nSPS) is 10.2. The van der Waals surface area contributed by atoms with Crippen LogP contribution in [0.15, 0.2) is 36.4 Å². The Labute approximate surface area is 129 Å². The van der Waals surface area contributed by atoms with Crippen LogP contribution in [0, 0.1) is 9.39 Å². The summed E-state index contributed by atoms with van der Waals surface area (Å²) in [5.74, 6) is -0.437. The summed E-state index contributed by atoms with van der Waals surface area (Å²) in [7, 11) is 2.86. The molecule has 2 aromatic rings. The molecule has 0 unspecified atom stereocenters. The summed E-state index contributed by atoms with van der Waals surface area (Å²) in [6, 6.07) is 9.55. The van der Waals surface area contributed by atoms with E-state index in [0.29, 0.717) is 11.3 Å². The highest BCUT2D eigenvalue weighted by molar-refractivity contribution is 14.1. The van der Waals surface area contributed by atoms with Crippen LogP contribution in [0.1, 0.15) is 15.9 Å². The second-order valence-electron chi connectivity index (χ2n) is 4.00. The molecule has 0 atom stereocenters. The fraction of sp³-hybridized carbons (Fsp3) is 0.133. The SMILES string of the molecule is COc1cc(F)c(C(=O)c2ccccc2I)cc1OC. The largest absolute Gasteiger partial charge is 0.493 e. The van der Waals surface area contributed by atoms with Crippen molar-refractivity contribution >= 4 is 28.4 Å². The first-order valence-corrected chi connectivity index (χ1v) is 6.87. The van der Waals surface area contributed by atoms with Crippen molar-refractivity contribution in [3.8, 4) is 11.5 Å². The van der Waals surface area contributed by atoms with Crippen molar-refractivity contribution in [1.29, 1.82) is 0 Å². The van der Waals surface area contributed by atoms with Crippen LogP contribution in [0.2, 0.25) is 0 Å². The van der Waals surface area contributed by atoms with Gasteiger partial charge in [-0.05, 0) is 40.8 Å².